The van der Waals surface area contributed by atoms with Gasteiger partial charge in [0.05, 0.1) is 23.7 Å². The lowest BCUT2D eigenvalue weighted by atomic mass is 10.0. The molecule has 0 unspecified atom stereocenters. The van der Waals surface area contributed by atoms with Crippen LogP contribution in [0.5, 0.6) is 11.5 Å². The molecule has 5 nitrogen and oxygen atoms in total. The highest BCUT2D eigenvalue weighted by Crippen LogP contribution is 2.33. The largest absolute Gasteiger partial charge is 0.496 e. The van der Waals surface area contributed by atoms with Crippen LogP contribution < -0.4 is 14.8 Å². The average molecular weight is 352 g/mol. The molecule has 0 aromatic heterocycles. The number of rotatable bonds is 6. The molecular weight excluding hydrogens is 337 g/mol. The highest BCUT2D eigenvalue weighted by atomic mass is 35.5. The molecule has 0 bridgehead atoms. The molecule has 0 saturated heterocycles. The van der Waals surface area contributed by atoms with Gasteiger partial charge >= 0.3 is 6.09 Å². The molecule has 7 heteroatoms. The second-order valence-corrected chi connectivity index (χ2v) is 5.19. The molecule has 0 aliphatic heterocycles. The number of amides is 1. The lowest BCUT2D eigenvalue weighted by molar-refractivity contribution is -0.108. The van der Waals surface area contributed by atoms with E-state index in [0.29, 0.717) is 12.0 Å². The lowest BCUT2D eigenvalue weighted by Gasteiger charge is -2.20. The summed E-state index contributed by atoms with van der Waals surface area (Å²) in [5.41, 5.74) is -0.0119. The summed E-state index contributed by atoms with van der Waals surface area (Å²) in [6.45, 7) is 0. The third kappa shape index (κ3) is 4.23. The van der Waals surface area contributed by atoms with E-state index in [1.54, 1.807) is 30.3 Å². The van der Waals surface area contributed by atoms with E-state index < -0.39 is 18.0 Å². The number of carbonyl (C=O) groups is 2. The van der Waals surface area contributed by atoms with Crippen molar-refractivity contribution in [2.75, 3.05) is 7.11 Å². The highest BCUT2D eigenvalue weighted by molar-refractivity contribution is 6.30. The fraction of sp³-hybridized carbons (Fsp3) is 0.176. The summed E-state index contributed by atoms with van der Waals surface area (Å²) in [5, 5.41) is 2.32. The standard InChI is InChI=1S/C17H15ClFNO4/c1-23-14-8-7-12(18)16(19)15(14)13(9-10-21)20-17(22)24-11-5-3-2-4-6-11/h2-8,10,13H,9H2,1H3,(H,20,22)/t13-/m0/s1. The Labute approximate surface area is 143 Å². The maximum atomic E-state index is 14.4. The minimum atomic E-state index is -0.979. The fourth-order valence-corrected chi connectivity index (χ4v) is 2.33. The predicted molar refractivity (Wildman–Crippen MR) is 87.0 cm³/mol. The quantitative estimate of drug-likeness (QED) is 0.801. The number of ether oxygens (including phenoxy) is 2. The van der Waals surface area contributed by atoms with E-state index in [2.05, 4.69) is 5.32 Å². The molecule has 0 spiro atoms. The van der Waals surface area contributed by atoms with Crippen molar-refractivity contribution in [2.24, 2.45) is 0 Å². The van der Waals surface area contributed by atoms with E-state index in [9.17, 15) is 14.0 Å². The number of nitrogens with one attached hydrogen (secondary N) is 1. The van der Waals surface area contributed by atoms with Crippen LogP contribution in [-0.2, 0) is 4.79 Å². The van der Waals surface area contributed by atoms with Gasteiger partial charge in [0.2, 0.25) is 0 Å². The molecule has 126 valence electrons. The van der Waals surface area contributed by atoms with E-state index >= 15 is 0 Å². The summed E-state index contributed by atoms with van der Waals surface area (Å²) in [6, 6.07) is 10.2. The van der Waals surface area contributed by atoms with Gasteiger partial charge in [0, 0.05) is 6.42 Å². The van der Waals surface area contributed by atoms with Crippen molar-refractivity contribution < 1.29 is 23.5 Å². The van der Waals surface area contributed by atoms with Gasteiger partial charge in [-0.1, -0.05) is 29.8 Å². The van der Waals surface area contributed by atoms with Crippen LogP contribution in [0.1, 0.15) is 18.0 Å². The van der Waals surface area contributed by atoms with Crippen molar-refractivity contribution in [1.82, 2.24) is 5.32 Å². The summed E-state index contributed by atoms with van der Waals surface area (Å²) >= 11 is 5.79. The number of benzene rings is 2. The summed E-state index contributed by atoms with van der Waals surface area (Å²) in [4.78, 5) is 23.0. The van der Waals surface area contributed by atoms with E-state index in [0.717, 1.165) is 0 Å². The molecule has 0 heterocycles. The average Bonchev–Trinajstić information content (AvgIpc) is 2.57. The second kappa shape index (κ2) is 8.31. The van der Waals surface area contributed by atoms with Gasteiger partial charge < -0.3 is 19.6 Å². The Balaban J connectivity index is 2.25. The Kier molecular flexibility index (Phi) is 6.14. The molecule has 2 rings (SSSR count). The minimum Gasteiger partial charge on any atom is -0.496 e. The fourth-order valence-electron chi connectivity index (χ4n) is 2.16. The van der Waals surface area contributed by atoms with Crippen LogP contribution in [0.4, 0.5) is 9.18 Å². The van der Waals surface area contributed by atoms with Gasteiger partial charge in [-0.05, 0) is 24.3 Å². The van der Waals surface area contributed by atoms with Crippen molar-refractivity contribution in [2.45, 2.75) is 12.5 Å². The van der Waals surface area contributed by atoms with Gasteiger partial charge in [-0.15, -0.1) is 0 Å². The number of methoxy groups -OCH3 is 1. The monoisotopic (exact) mass is 351 g/mol. The van der Waals surface area contributed by atoms with Gasteiger partial charge in [-0.25, -0.2) is 9.18 Å². The zero-order valence-electron chi connectivity index (χ0n) is 12.8. The van der Waals surface area contributed by atoms with Crippen LogP contribution in [-0.4, -0.2) is 19.5 Å². The van der Waals surface area contributed by atoms with E-state index in [-0.39, 0.29) is 22.8 Å². The summed E-state index contributed by atoms with van der Waals surface area (Å²) in [7, 11) is 1.35. The Hall–Kier alpha value is -2.60. The Bertz CT molecular complexity index is 724. The molecular formula is C17H15ClFNO4. The maximum absolute atomic E-state index is 14.4. The van der Waals surface area contributed by atoms with E-state index in [1.807, 2.05) is 0 Å². The minimum absolute atomic E-state index is 0.0119. The molecule has 24 heavy (non-hydrogen) atoms. The van der Waals surface area contributed by atoms with Crippen molar-refractivity contribution in [3.05, 3.63) is 58.9 Å². The molecule has 0 aliphatic carbocycles. The van der Waals surface area contributed by atoms with Gasteiger partial charge in [0.15, 0.2) is 5.82 Å². The third-order valence-corrected chi connectivity index (χ3v) is 3.53. The smallest absolute Gasteiger partial charge is 0.413 e. The molecule has 0 radical (unpaired) electrons. The highest BCUT2D eigenvalue weighted by Gasteiger charge is 2.24. The zero-order valence-corrected chi connectivity index (χ0v) is 13.5. The van der Waals surface area contributed by atoms with E-state index in [1.165, 1.54) is 19.2 Å². The van der Waals surface area contributed by atoms with Crippen LogP contribution in [0.15, 0.2) is 42.5 Å². The molecule has 2 aromatic carbocycles. The van der Waals surface area contributed by atoms with Gasteiger partial charge in [-0.3, -0.25) is 0 Å². The first kappa shape index (κ1) is 17.7. The first-order valence-corrected chi connectivity index (χ1v) is 7.43. The molecule has 1 N–H and O–H groups in total. The maximum Gasteiger partial charge on any atom is 0.413 e. The van der Waals surface area contributed by atoms with E-state index in [4.69, 9.17) is 21.1 Å². The Morgan fingerprint density at radius 2 is 2.00 bits per heavy atom. The molecule has 1 amide bonds. The zero-order chi connectivity index (χ0) is 17.5. The number of hydrogen-bond acceptors (Lipinski definition) is 4. The van der Waals surface area contributed by atoms with Crippen molar-refractivity contribution in [3.8, 4) is 11.5 Å². The number of carbonyl (C=O) groups excluding carboxylic acids is 2. The number of aldehydes is 1. The number of hydrogen-bond donors (Lipinski definition) is 1. The van der Waals surface area contributed by atoms with Crippen LogP contribution in [0.2, 0.25) is 5.02 Å². The molecule has 0 fully saturated rings. The molecule has 2 aromatic rings. The van der Waals surface area contributed by atoms with Crippen LogP contribution >= 0.6 is 11.6 Å². The Morgan fingerprint density at radius 1 is 1.29 bits per heavy atom. The van der Waals surface area contributed by atoms with Gasteiger partial charge in [0.1, 0.15) is 17.8 Å². The van der Waals surface area contributed by atoms with Crippen molar-refractivity contribution in [3.63, 3.8) is 0 Å². The van der Waals surface area contributed by atoms with Crippen LogP contribution in [0.3, 0.4) is 0 Å². The predicted octanol–water partition coefficient (Wildman–Crippen LogP) is 3.91. The summed E-state index contributed by atoms with van der Waals surface area (Å²) in [6.07, 6.45) is -0.431. The Morgan fingerprint density at radius 3 is 2.62 bits per heavy atom. The topological polar surface area (TPSA) is 64.6 Å². The SMILES string of the molecule is COc1ccc(Cl)c(F)c1[C@H](CC=O)NC(=O)Oc1ccccc1. The van der Waals surface area contributed by atoms with Gasteiger partial charge in [0.25, 0.3) is 0 Å². The second-order valence-electron chi connectivity index (χ2n) is 4.78. The first-order chi connectivity index (χ1) is 11.6. The number of para-hydroxylation sites is 1. The van der Waals surface area contributed by atoms with Crippen LogP contribution in [0, 0.1) is 5.82 Å². The third-order valence-electron chi connectivity index (χ3n) is 3.24. The normalized spacial score (nSPS) is 11.5. The van der Waals surface area contributed by atoms with Gasteiger partial charge in [-0.2, -0.15) is 0 Å². The summed E-state index contributed by atoms with van der Waals surface area (Å²) in [5.74, 6) is -0.273. The molecule has 1 atom stereocenters. The summed E-state index contributed by atoms with van der Waals surface area (Å²) < 4.78 is 24.6. The van der Waals surface area contributed by atoms with Crippen molar-refractivity contribution in [1.29, 1.82) is 0 Å². The van der Waals surface area contributed by atoms with Crippen molar-refractivity contribution >= 4 is 24.0 Å². The molecule has 0 aliphatic rings. The number of halogens is 2. The first-order valence-electron chi connectivity index (χ1n) is 7.05. The lowest BCUT2D eigenvalue weighted by Crippen LogP contribution is -2.32. The molecule has 0 saturated carbocycles. The van der Waals surface area contributed by atoms with Crippen LogP contribution in [0.25, 0.3) is 0 Å².